The molecule has 1 fully saturated rings. The zero-order valence-electron chi connectivity index (χ0n) is 12.1. The van der Waals surface area contributed by atoms with Gasteiger partial charge in [0.15, 0.2) is 0 Å². The number of fused-ring (bicyclic) bond motifs is 1. The first-order valence-corrected chi connectivity index (χ1v) is 8.60. The van der Waals surface area contributed by atoms with E-state index in [0.717, 1.165) is 33.4 Å². The molecule has 2 aromatic rings. The Hall–Kier alpha value is -1.07. The summed E-state index contributed by atoms with van der Waals surface area (Å²) in [7, 11) is 0. The molecule has 114 valence electrons. The molecule has 4 nitrogen and oxygen atoms in total. The lowest BCUT2D eigenvalue weighted by molar-refractivity contribution is 0.392. The second kappa shape index (κ2) is 6.36. The molecule has 1 aliphatic carbocycles. The second-order valence-electron chi connectivity index (χ2n) is 6.20. The molecule has 1 unspecified atom stereocenters. The Morgan fingerprint density at radius 1 is 1.14 bits per heavy atom. The van der Waals surface area contributed by atoms with Gasteiger partial charge in [-0.1, -0.05) is 54.5 Å². The van der Waals surface area contributed by atoms with Crippen molar-refractivity contribution in [3.63, 3.8) is 0 Å². The van der Waals surface area contributed by atoms with Gasteiger partial charge in [0.1, 0.15) is 0 Å². The summed E-state index contributed by atoms with van der Waals surface area (Å²) in [6, 6.07) is 3.96. The average molecular weight is 352 g/mol. The minimum Gasteiger partial charge on any atom is -0.324 e. The number of hydrogen-bond donors (Lipinski definition) is 3. The number of nitrogens with two attached hydrogens (primary N) is 1. The highest BCUT2D eigenvalue weighted by atomic mass is 79.9. The number of aromatic nitrogens is 2. The number of nitrogens with one attached hydrogen (secondary N) is 2. The molecular formula is C16H22BrN3O. The van der Waals surface area contributed by atoms with Crippen LogP contribution in [0.4, 0.5) is 0 Å². The maximum Gasteiger partial charge on any atom is 0.323 e. The Morgan fingerprint density at radius 3 is 2.43 bits per heavy atom. The molecule has 0 radical (unpaired) electrons. The highest BCUT2D eigenvalue weighted by molar-refractivity contribution is 9.10. The number of halogens is 1. The second-order valence-corrected chi connectivity index (χ2v) is 7.05. The Bertz CT molecular complexity index is 668. The zero-order chi connectivity index (χ0) is 14.8. The van der Waals surface area contributed by atoms with Gasteiger partial charge >= 0.3 is 5.69 Å². The van der Waals surface area contributed by atoms with E-state index in [0.29, 0.717) is 0 Å². The smallest absolute Gasteiger partial charge is 0.323 e. The topological polar surface area (TPSA) is 74.7 Å². The van der Waals surface area contributed by atoms with Gasteiger partial charge in [0.25, 0.3) is 0 Å². The fourth-order valence-corrected chi connectivity index (χ4v) is 4.08. The maximum atomic E-state index is 11.4. The summed E-state index contributed by atoms with van der Waals surface area (Å²) >= 11 is 3.59. The summed E-state index contributed by atoms with van der Waals surface area (Å²) in [4.78, 5) is 17.0. The lowest BCUT2D eigenvalue weighted by Gasteiger charge is -2.20. The highest BCUT2D eigenvalue weighted by Crippen LogP contribution is 2.33. The summed E-state index contributed by atoms with van der Waals surface area (Å²) in [5.41, 5.74) is 9.00. The molecule has 5 heteroatoms. The monoisotopic (exact) mass is 351 g/mol. The van der Waals surface area contributed by atoms with Crippen LogP contribution < -0.4 is 11.4 Å². The normalized spacial score (nSPS) is 18.8. The van der Waals surface area contributed by atoms with Crippen LogP contribution in [0.3, 0.4) is 0 Å². The Morgan fingerprint density at radius 2 is 1.76 bits per heavy atom. The van der Waals surface area contributed by atoms with Gasteiger partial charge in [-0.25, -0.2) is 4.79 Å². The standard InChI is InChI=1S/C16H22BrN3O/c17-12-9-15-14(19-16(21)20-15)8-11(12)13(18)7-10-5-3-1-2-4-6-10/h8-10,13H,1-7,18H2,(H2,19,20,21). The third-order valence-corrected chi connectivity index (χ3v) is 5.28. The fraction of sp³-hybridized carbons (Fsp3) is 0.562. The number of imidazole rings is 1. The minimum absolute atomic E-state index is 0.0188. The van der Waals surface area contributed by atoms with E-state index in [1.54, 1.807) is 0 Å². The van der Waals surface area contributed by atoms with Gasteiger partial charge < -0.3 is 15.7 Å². The van der Waals surface area contributed by atoms with E-state index in [1.807, 2.05) is 12.1 Å². The van der Waals surface area contributed by atoms with Crippen molar-refractivity contribution in [2.24, 2.45) is 11.7 Å². The molecule has 0 saturated heterocycles. The average Bonchev–Trinajstić information content (AvgIpc) is 2.63. The van der Waals surface area contributed by atoms with Gasteiger partial charge in [-0.05, 0) is 30.0 Å². The highest BCUT2D eigenvalue weighted by Gasteiger charge is 2.19. The first-order chi connectivity index (χ1) is 10.1. The van der Waals surface area contributed by atoms with E-state index in [9.17, 15) is 4.79 Å². The Kier molecular flexibility index (Phi) is 4.50. The molecule has 0 amide bonds. The molecule has 1 saturated carbocycles. The maximum absolute atomic E-state index is 11.4. The number of benzene rings is 1. The largest absolute Gasteiger partial charge is 0.324 e. The van der Waals surface area contributed by atoms with Gasteiger partial charge in [-0.3, -0.25) is 0 Å². The molecule has 1 heterocycles. The molecule has 4 N–H and O–H groups in total. The molecule has 1 aromatic carbocycles. The van der Waals surface area contributed by atoms with E-state index in [2.05, 4.69) is 25.9 Å². The van der Waals surface area contributed by atoms with Gasteiger partial charge in [0.2, 0.25) is 0 Å². The molecule has 21 heavy (non-hydrogen) atoms. The lowest BCUT2D eigenvalue weighted by Crippen LogP contribution is -2.16. The van der Waals surface area contributed by atoms with Gasteiger partial charge in [-0.15, -0.1) is 0 Å². The van der Waals surface area contributed by atoms with Crippen LogP contribution >= 0.6 is 15.9 Å². The predicted octanol–water partition coefficient (Wildman–Crippen LogP) is 3.98. The van der Waals surface area contributed by atoms with Crippen LogP contribution in [0, 0.1) is 5.92 Å². The van der Waals surface area contributed by atoms with Crippen molar-refractivity contribution >= 4 is 27.0 Å². The number of aromatic amines is 2. The van der Waals surface area contributed by atoms with Gasteiger partial charge in [0, 0.05) is 10.5 Å². The van der Waals surface area contributed by atoms with Crippen molar-refractivity contribution < 1.29 is 0 Å². The predicted molar refractivity (Wildman–Crippen MR) is 89.4 cm³/mol. The van der Waals surface area contributed by atoms with Crippen LogP contribution in [-0.4, -0.2) is 9.97 Å². The first-order valence-electron chi connectivity index (χ1n) is 7.80. The quantitative estimate of drug-likeness (QED) is 0.731. The molecule has 1 atom stereocenters. The van der Waals surface area contributed by atoms with E-state index in [4.69, 9.17) is 5.73 Å². The van der Waals surface area contributed by atoms with Gasteiger partial charge in [-0.2, -0.15) is 0 Å². The third-order valence-electron chi connectivity index (χ3n) is 4.59. The Labute approximate surface area is 132 Å². The molecule has 1 aliphatic rings. The summed E-state index contributed by atoms with van der Waals surface area (Å²) < 4.78 is 0.978. The molecule has 3 rings (SSSR count). The summed E-state index contributed by atoms with van der Waals surface area (Å²) in [5, 5.41) is 0. The van der Waals surface area contributed by atoms with E-state index < -0.39 is 0 Å². The lowest BCUT2D eigenvalue weighted by atomic mass is 9.90. The van der Waals surface area contributed by atoms with Crippen LogP contribution in [0.5, 0.6) is 0 Å². The van der Waals surface area contributed by atoms with Crippen LogP contribution in [0.2, 0.25) is 0 Å². The van der Waals surface area contributed by atoms with Crippen molar-refractivity contribution in [1.29, 1.82) is 0 Å². The molecule has 0 spiro atoms. The van der Waals surface area contributed by atoms with Crippen LogP contribution in [0.25, 0.3) is 11.0 Å². The van der Waals surface area contributed by atoms with Crippen LogP contribution in [0.15, 0.2) is 21.4 Å². The number of H-pyrrole nitrogens is 2. The SMILES string of the molecule is NC(CC1CCCCCC1)c1cc2[nH]c(=O)[nH]c2cc1Br. The molecule has 1 aromatic heterocycles. The molecule has 0 aliphatic heterocycles. The summed E-state index contributed by atoms with van der Waals surface area (Å²) in [5.74, 6) is 0.732. The summed E-state index contributed by atoms with van der Waals surface area (Å²) in [6.45, 7) is 0. The van der Waals surface area contributed by atoms with Crippen molar-refractivity contribution in [1.82, 2.24) is 9.97 Å². The fourth-order valence-electron chi connectivity index (χ4n) is 3.44. The number of hydrogen-bond acceptors (Lipinski definition) is 2. The van der Waals surface area contributed by atoms with Crippen molar-refractivity contribution in [2.75, 3.05) is 0 Å². The molecular weight excluding hydrogens is 330 g/mol. The number of rotatable bonds is 3. The first kappa shape index (κ1) is 14.9. The minimum atomic E-state index is -0.175. The molecule has 0 bridgehead atoms. The van der Waals surface area contributed by atoms with Crippen molar-refractivity contribution in [2.45, 2.75) is 51.0 Å². The third kappa shape index (κ3) is 3.40. The van der Waals surface area contributed by atoms with Crippen LogP contribution in [0.1, 0.15) is 56.6 Å². The van der Waals surface area contributed by atoms with Crippen molar-refractivity contribution in [3.05, 3.63) is 32.7 Å². The summed E-state index contributed by atoms with van der Waals surface area (Å²) in [6.07, 6.45) is 9.03. The van der Waals surface area contributed by atoms with E-state index in [-0.39, 0.29) is 11.7 Å². The van der Waals surface area contributed by atoms with E-state index >= 15 is 0 Å². The van der Waals surface area contributed by atoms with Gasteiger partial charge in [0.05, 0.1) is 11.0 Å². The van der Waals surface area contributed by atoms with Crippen molar-refractivity contribution in [3.8, 4) is 0 Å². The Balaban J connectivity index is 1.81. The zero-order valence-corrected chi connectivity index (χ0v) is 13.7. The van der Waals surface area contributed by atoms with Crippen LogP contribution in [-0.2, 0) is 0 Å². The van der Waals surface area contributed by atoms with E-state index in [1.165, 1.54) is 38.5 Å².